The van der Waals surface area contributed by atoms with Crippen LogP contribution in [0.5, 0.6) is 0 Å². The summed E-state index contributed by atoms with van der Waals surface area (Å²) in [6, 6.07) is 1.94. The predicted octanol–water partition coefficient (Wildman–Crippen LogP) is 2.33. The number of nitrogens with one attached hydrogen (secondary N) is 1. The molecule has 0 aliphatic heterocycles. The molecule has 0 spiro atoms. The molecule has 1 aliphatic carbocycles. The molecule has 0 bridgehead atoms. The summed E-state index contributed by atoms with van der Waals surface area (Å²) in [6.45, 7) is 0. The SMILES string of the molecule is O=[N+]([O-])c1cnc(NC2CC2)c(Br)c1. The van der Waals surface area contributed by atoms with Crippen molar-refractivity contribution in [2.24, 2.45) is 0 Å². The monoisotopic (exact) mass is 257 g/mol. The predicted molar refractivity (Wildman–Crippen MR) is 55.2 cm³/mol. The smallest absolute Gasteiger partial charge is 0.288 e. The fourth-order valence-electron chi connectivity index (χ4n) is 1.05. The average Bonchev–Trinajstić information content (AvgIpc) is 2.92. The first-order valence-electron chi connectivity index (χ1n) is 4.23. The quantitative estimate of drug-likeness (QED) is 0.667. The highest BCUT2D eigenvalue weighted by atomic mass is 79.9. The Morgan fingerprint density at radius 1 is 1.64 bits per heavy atom. The van der Waals surface area contributed by atoms with Gasteiger partial charge in [-0.05, 0) is 28.8 Å². The highest BCUT2D eigenvalue weighted by Gasteiger charge is 2.22. The van der Waals surface area contributed by atoms with Crippen molar-refractivity contribution in [3.8, 4) is 0 Å². The normalized spacial score (nSPS) is 15.2. The summed E-state index contributed by atoms with van der Waals surface area (Å²) in [7, 11) is 0. The Hall–Kier alpha value is -1.17. The molecule has 1 aromatic rings. The number of hydrogen-bond donors (Lipinski definition) is 1. The summed E-state index contributed by atoms with van der Waals surface area (Å²) in [5.41, 5.74) is -0.00165. The highest BCUT2D eigenvalue weighted by Crippen LogP contribution is 2.29. The number of rotatable bonds is 3. The Balaban J connectivity index is 2.21. The van der Waals surface area contributed by atoms with Gasteiger partial charge in [-0.15, -0.1) is 0 Å². The number of pyridine rings is 1. The van der Waals surface area contributed by atoms with Crippen LogP contribution in [0.15, 0.2) is 16.7 Å². The van der Waals surface area contributed by atoms with Crippen LogP contribution in [0.4, 0.5) is 11.5 Å². The molecule has 0 atom stereocenters. The lowest BCUT2D eigenvalue weighted by atomic mass is 10.4. The van der Waals surface area contributed by atoms with E-state index in [-0.39, 0.29) is 5.69 Å². The Bertz CT molecular complexity index is 379. The lowest BCUT2D eigenvalue weighted by molar-refractivity contribution is -0.385. The maximum Gasteiger partial charge on any atom is 0.288 e. The van der Waals surface area contributed by atoms with Crippen molar-refractivity contribution in [1.82, 2.24) is 4.98 Å². The molecule has 74 valence electrons. The van der Waals surface area contributed by atoms with Crippen LogP contribution >= 0.6 is 15.9 Å². The Morgan fingerprint density at radius 3 is 2.86 bits per heavy atom. The molecule has 0 radical (unpaired) electrons. The van der Waals surface area contributed by atoms with Crippen LogP contribution in [0.3, 0.4) is 0 Å². The van der Waals surface area contributed by atoms with Gasteiger partial charge in [0.1, 0.15) is 12.0 Å². The third-order valence-corrected chi connectivity index (χ3v) is 2.56. The van der Waals surface area contributed by atoms with E-state index in [1.165, 1.54) is 12.3 Å². The van der Waals surface area contributed by atoms with Crippen molar-refractivity contribution in [3.05, 3.63) is 26.9 Å². The maximum atomic E-state index is 10.4. The summed E-state index contributed by atoms with van der Waals surface area (Å²) >= 11 is 3.24. The fraction of sp³-hybridized carbons (Fsp3) is 0.375. The van der Waals surface area contributed by atoms with Crippen molar-refractivity contribution in [3.63, 3.8) is 0 Å². The Kier molecular flexibility index (Phi) is 2.37. The van der Waals surface area contributed by atoms with Crippen LogP contribution in [-0.2, 0) is 0 Å². The van der Waals surface area contributed by atoms with E-state index in [2.05, 4.69) is 26.2 Å². The molecule has 0 saturated heterocycles. The van der Waals surface area contributed by atoms with Crippen LogP contribution in [0.25, 0.3) is 0 Å². The minimum atomic E-state index is -0.460. The molecule has 6 heteroatoms. The topological polar surface area (TPSA) is 68.1 Å². The molecule has 2 rings (SSSR count). The first kappa shape index (κ1) is 9.39. The second-order valence-electron chi connectivity index (χ2n) is 3.20. The number of anilines is 1. The van der Waals surface area contributed by atoms with E-state index in [4.69, 9.17) is 0 Å². The van der Waals surface area contributed by atoms with E-state index in [0.717, 1.165) is 12.8 Å². The molecule has 1 saturated carbocycles. The van der Waals surface area contributed by atoms with Gasteiger partial charge in [-0.3, -0.25) is 10.1 Å². The number of aromatic nitrogens is 1. The van der Waals surface area contributed by atoms with Gasteiger partial charge in [-0.25, -0.2) is 4.98 Å². The van der Waals surface area contributed by atoms with Crippen molar-refractivity contribution < 1.29 is 4.92 Å². The number of nitrogens with zero attached hydrogens (tertiary/aromatic N) is 2. The minimum Gasteiger partial charge on any atom is -0.366 e. The van der Waals surface area contributed by atoms with Gasteiger partial charge in [0.05, 0.1) is 9.40 Å². The molecule has 1 N–H and O–H groups in total. The van der Waals surface area contributed by atoms with Gasteiger partial charge < -0.3 is 5.32 Å². The largest absolute Gasteiger partial charge is 0.366 e. The molecule has 14 heavy (non-hydrogen) atoms. The standard InChI is InChI=1S/C8H8BrN3O2/c9-7-3-6(12(13)14)4-10-8(7)11-5-1-2-5/h3-5H,1-2H2,(H,10,11). The van der Waals surface area contributed by atoms with Crippen LogP contribution in [-0.4, -0.2) is 15.9 Å². The molecular weight excluding hydrogens is 250 g/mol. The van der Waals surface area contributed by atoms with Crippen molar-refractivity contribution in [2.75, 3.05) is 5.32 Å². The third kappa shape index (κ3) is 2.01. The molecule has 1 heterocycles. The fourth-order valence-corrected chi connectivity index (χ4v) is 1.51. The van der Waals surface area contributed by atoms with Crippen LogP contribution in [0, 0.1) is 10.1 Å². The molecule has 1 aromatic heterocycles. The summed E-state index contributed by atoms with van der Waals surface area (Å²) in [5, 5.41) is 13.6. The number of nitro groups is 1. The summed E-state index contributed by atoms with van der Waals surface area (Å²) in [4.78, 5) is 13.9. The van der Waals surface area contributed by atoms with E-state index in [9.17, 15) is 10.1 Å². The summed E-state index contributed by atoms with van der Waals surface area (Å²) < 4.78 is 0.638. The average molecular weight is 258 g/mol. The third-order valence-electron chi connectivity index (χ3n) is 1.96. The zero-order chi connectivity index (χ0) is 10.1. The lowest BCUT2D eigenvalue weighted by Crippen LogP contribution is -2.04. The van der Waals surface area contributed by atoms with Gasteiger partial charge >= 0.3 is 0 Å². The summed E-state index contributed by atoms with van der Waals surface area (Å²) in [5.74, 6) is 0.679. The van der Waals surface area contributed by atoms with E-state index in [1.807, 2.05) is 0 Å². The van der Waals surface area contributed by atoms with Gasteiger partial charge in [0.25, 0.3) is 5.69 Å². The van der Waals surface area contributed by atoms with Gasteiger partial charge in [0.15, 0.2) is 0 Å². The van der Waals surface area contributed by atoms with Gasteiger partial charge in [-0.1, -0.05) is 0 Å². The zero-order valence-corrected chi connectivity index (χ0v) is 8.82. The molecule has 5 nitrogen and oxygen atoms in total. The second kappa shape index (κ2) is 3.53. The number of halogens is 1. The van der Waals surface area contributed by atoms with Gasteiger partial charge in [0, 0.05) is 12.1 Å². The van der Waals surface area contributed by atoms with Crippen LogP contribution in [0.2, 0.25) is 0 Å². The first-order chi connectivity index (χ1) is 6.66. The van der Waals surface area contributed by atoms with E-state index in [0.29, 0.717) is 16.3 Å². The van der Waals surface area contributed by atoms with E-state index < -0.39 is 4.92 Å². The molecular formula is C8H8BrN3O2. The Morgan fingerprint density at radius 2 is 2.36 bits per heavy atom. The Labute approximate surface area is 88.8 Å². The molecule has 0 amide bonds. The van der Waals surface area contributed by atoms with E-state index >= 15 is 0 Å². The van der Waals surface area contributed by atoms with Gasteiger partial charge in [0.2, 0.25) is 0 Å². The van der Waals surface area contributed by atoms with Crippen LogP contribution < -0.4 is 5.32 Å². The molecule has 1 fully saturated rings. The van der Waals surface area contributed by atoms with Crippen molar-refractivity contribution in [2.45, 2.75) is 18.9 Å². The lowest BCUT2D eigenvalue weighted by Gasteiger charge is -2.04. The maximum absolute atomic E-state index is 10.4. The highest BCUT2D eigenvalue weighted by molar-refractivity contribution is 9.10. The first-order valence-corrected chi connectivity index (χ1v) is 5.02. The molecule has 1 aliphatic rings. The number of hydrogen-bond acceptors (Lipinski definition) is 4. The van der Waals surface area contributed by atoms with Crippen LogP contribution in [0.1, 0.15) is 12.8 Å². The summed E-state index contributed by atoms with van der Waals surface area (Å²) in [6.07, 6.45) is 3.55. The minimum absolute atomic E-state index is 0.00165. The molecule has 0 unspecified atom stereocenters. The molecule has 0 aromatic carbocycles. The second-order valence-corrected chi connectivity index (χ2v) is 4.05. The van der Waals surface area contributed by atoms with E-state index in [1.54, 1.807) is 0 Å². The zero-order valence-electron chi connectivity index (χ0n) is 7.24. The van der Waals surface area contributed by atoms with Gasteiger partial charge in [-0.2, -0.15) is 0 Å². The van der Waals surface area contributed by atoms with Crippen molar-refractivity contribution in [1.29, 1.82) is 0 Å². The van der Waals surface area contributed by atoms with Crippen molar-refractivity contribution >= 4 is 27.4 Å².